The molecule has 0 aliphatic carbocycles. The number of nitrogens with one attached hydrogen (secondary N) is 1. The van der Waals surface area contributed by atoms with E-state index in [1.807, 2.05) is 14.0 Å². The molecule has 2 aromatic rings. The topological polar surface area (TPSA) is 69.4 Å². The molecule has 0 spiro atoms. The third-order valence-electron chi connectivity index (χ3n) is 3.74. The lowest BCUT2D eigenvalue weighted by Gasteiger charge is -2.13. The van der Waals surface area contributed by atoms with Crippen LogP contribution >= 0.6 is 0 Å². The molecule has 1 heterocycles. The molecule has 1 aromatic heterocycles. The average Bonchev–Trinajstić information content (AvgIpc) is 3.04. The van der Waals surface area contributed by atoms with Gasteiger partial charge in [0.25, 0.3) is 0 Å². The molecule has 26 heavy (non-hydrogen) atoms. The molecule has 0 amide bonds. The summed E-state index contributed by atoms with van der Waals surface area (Å²) in [5.41, 5.74) is 0.865. The SMILES string of the molecule is CNC(C)Cc1noc(CCc2ccc(OCC(F)(F)F)c(OC)c2)n1. The highest BCUT2D eigenvalue weighted by Crippen LogP contribution is 2.30. The van der Waals surface area contributed by atoms with Gasteiger partial charge in [0, 0.05) is 18.9 Å². The molecular formula is C17H22F3N3O3. The standard InChI is InChI=1S/C17H22F3N3O3/c1-11(21-2)8-15-22-16(26-23-15)7-5-12-4-6-13(14(9-12)24-3)25-10-17(18,19)20/h4,6,9,11,21H,5,7-8,10H2,1-3H3. The number of rotatable bonds is 9. The molecule has 6 nitrogen and oxygen atoms in total. The Labute approximate surface area is 149 Å². The zero-order chi connectivity index (χ0) is 19.2. The van der Waals surface area contributed by atoms with Gasteiger partial charge in [-0.25, -0.2) is 0 Å². The Morgan fingerprint density at radius 2 is 2.00 bits per heavy atom. The fourth-order valence-corrected chi connectivity index (χ4v) is 2.25. The van der Waals surface area contributed by atoms with Crippen molar-refractivity contribution in [2.45, 2.75) is 38.4 Å². The molecule has 0 bridgehead atoms. The number of methoxy groups -OCH3 is 1. The predicted molar refractivity (Wildman–Crippen MR) is 88.5 cm³/mol. The van der Waals surface area contributed by atoms with Crippen LogP contribution < -0.4 is 14.8 Å². The van der Waals surface area contributed by atoms with Gasteiger partial charge in [-0.05, 0) is 38.1 Å². The average molecular weight is 373 g/mol. The highest BCUT2D eigenvalue weighted by atomic mass is 19.4. The molecule has 0 fully saturated rings. The van der Waals surface area contributed by atoms with E-state index in [1.54, 1.807) is 12.1 Å². The van der Waals surface area contributed by atoms with Gasteiger partial charge in [-0.15, -0.1) is 0 Å². The van der Waals surface area contributed by atoms with Crippen LogP contribution in [0.25, 0.3) is 0 Å². The van der Waals surface area contributed by atoms with Gasteiger partial charge in [0.15, 0.2) is 23.9 Å². The van der Waals surface area contributed by atoms with Crippen LogP contribution in [0.5, 0.6) is 11.5 Å². The fraction of sp³-hybridized carbons (Fsp3) is 0.529. The number of aryl methyl sites for hydroxylation is 2. The summed E-state index contributed by atoms with van der Waals surface area (Å²) in [6.07, 6.45) is -2.63. The quantitative estimate of drug-likeness (QED) is 0.729. The Morgan fingerprint density at radius 3 is 2.65 bits per heavy atom. The first-order valence-corrected chi connectivity index (χ1v) is 8.16. The summed E-state index contributed by atoms with van der Waals surface area (Å²) in [5.74, 6) is 1.45. The van der Waals surface area contributed by atoms with E-state index < -0.39 is 12.8 Å². The molecule has 0 aliphatic heterocycles. The second-order valence-electron chi connectivity index (χ2n) is 5.89. The molecule has 1 atom stereocenters. The van der Waals surface area contributed by atoms with Crippen molar-refractivity contribution in [1.29, 1.82) is 0 Å². The van der Waals surface area contributed by atoms with E-state index in [-0.39, 0.29) is 17.5 Å². The van der Waals surface area contributed by atoms with E-state index in [2.05, 4.69) is 15.5 Å². The first-order chi connectivity index (χ1) is 12.3. The van der Waals surface area contributed by atoms with Gasteiger partial charge in [0.2, 0.25) is 5.89 Å². The Bertz CT molecular complexity index is 704. The molecule has 1 aromatic carbocycles. The van der Waals surface area contributed by atoms with Crippen molar-refractivity contribution >= 4 is 0 Å². The number of hydrogen-bond acceptors (Lipinski definition) is 6. The summed E-state index contributed by atoms with van der Waals surface area (Å²) in [5, 5.41) is 7.03. The Morgan fingerprint density at radius 1 is 1.23 bits per heavy atom. The van der Waals surface area contributed by atoms with Gasteiger partial charge in [-0.3, -0.25) is 0 Å². The number of halogens is 3. The summed E-state index contributed by atoms with van der Waals surface area (Å²) >= 11 is 0. The lowest BCUT2D eigenvalue weighted by atomic mass is 10.1. The summed E-state index contributed by atoms with van der Waals surface area (Å²) < 4.78 is 51.9. The van der Waals surface area contributed by atoms with Gasteiger partial charge in [0.1, 0.15) is 0 Å². The smallest absolute Gasteiger partial charge is 0.422 e. The van der Waals surface area contributed by atoms with Gasteiger partial charge >= 0.3 is 6.18 Å². The second-order valence-corrected chi connectivity index (χ2v) is 5.89. The highest BCUT2D eigenvalue weighted by molar-refractivity contribution is 5.43. The van der Waals surface area contributed by atoms with Gasteiger partial charge in [0.05, 0.1) is 7.11 Å². The third-order valence-corrected chi connectivity index (χ3v) is 3.74. The minimum absolute atomic E-state index is 0.0507. The van der Waals surface area contributed by atoms with Crippen LogP contribution in [0.2, 0.25) is 0 Å². The molecular weight excluding hydrogens is 351 g/mol. The van der Waals surface area contributed by atoms with E-state index in [9.17, 15) is 13.2 Å². The number of ether oxygens (including phenoxy) is 2. The van der Waals surface area contributed by atoms with Crippen molar-refractivity contribution in [2.24, 2.45) is 0 Å². The molecule has 1 unspecified atom stereocenters. The third kappa shape index (κ3) is 6.21. The number of hydrogen-bond donors (Lipinski definition) is 1. The molecule has 0 saturated carbocycles. The van der Waals surface area contributed by atoms with E-state index in [1.165, 1.54) is 13.2 Å². The zero-order valence-corrected chi connectivity index (χ0v) is 14.9. The summed E-state index contributed by atoms with van der Waals surface area (Å²) in [7, 11) is 3.24. The van der Waals surface area contributed by atoms with E-state index >= 15 is 0 Å². The zero-order valence-electron chi connectivity index (χ0n) is 14.9. The van der Waals surface area contributed by atoms with Crippen LogP contribution in [0.4, 0.5) is 13.2 Å². The fourth-order valence-electron chi connectivity index (χ4n) is 2.25. The van der Waals surface area contributed by atoms with Crippen molar-refractivity contribution in [3.8, 4) is 11.5 Å². The number of alkyl halides is 3. The van der Waals surface area contributed by atoms with E-state index in [0.29, 0.717) is 31.0 Å². The van der Waals surface area contributed by atoms with Crippen LogP contribution in [0, 0.1) is 0 Å². The maximum absolute atomic E-state index is 12.3. The van der Waals surface area contributed by atoms with Gasteiger partial charge in [-0.2, -0.15) is 18.2 Å². The molecule has 144 valence electrons. The summed E-state index contributed by atoms with van der Waals surface area (Å²) in [6.45, 7) is 0.656. The maximum atomic E-state index is 12.3. The number of nitrogens with zero attached hydrogens (tertiary/aromatic N) is 2. The van der Waals surface area contributed by atoms with Crippen molar-refractivity contribution in [3.63, 3.8) is 0 Å². The van der Waals surface area contributed by atoms with Gasteiger partial charge < -0.3 is 19.3 Å². The Balaban J connectivity index is 1.95. The van der Waals surface area contributed by atoms with Crippen molar-refractivity contribution < 1.29 is 27.2 Å². The molecule has 9 heteroatoms. The van der Waals surface area contributed by atoms with Crippen LogP contribution in [0.15, 0.2) is 22.7 Å². The highest BCUT2D eigenvalue weighted by Gasteiger charge is 2.29. The molecule has 0 radical (unpaired) electrons. The lowest BCUT2D eigenvalue weighted by molar-refractivity contribution is -0.153. The normalized spacial score (nSPS) is 12.8. The van der Waals surface area contributed by atoms with Crippen molar-refractivity contribution in [3.05, 3.63) is 35.5 Å². The monoisotopic (exact) mass is 373 g/mol. The molecule has 0 saturated heterocycles. The molecule has 1 N–H and O–H groups in total. The first kappa shape index (κ1) is 20.0. The van der Waals surface area contributed by atoms with E-state index in [0.717, 1.165) is 5.56 Å². The summed E-state index contributed by atoms with van der Waals surface area (Å²) in [6, 6.07) is 5.04. The maximum Gasteiger partial charge on any atom is 0.422 e. The lowest BCUT2D eigenvalue weighted by Crippen LogP contribution is -2.24. The van der Waals surface area contributed by atoms with Crippen LogP contribution in [0.3, 0.4) is 0 Å². The second kappa shape index (κ2) is 8.88. The van der Waals surface area contributed by atoms with Gasteiger partial charge in [-0.1, -0.05) is 11.2 Å². The molecule has 2 rings (SSSR count). The van der Waals surface area contributed by atoms with Crippen molar-refractivity contribution in [2.75, 3.05) is 20.8 Å². The first-order valence-electron chi connectivity index (χ1n) is 8.16. The number of aromatic nitrogens is 2. The summed E-state index contributed by atoms with van der Waals surface area (Å²) in [4.78, 5) is 4.33. The minimum atomic E-state index is -4.40. The van der Waals surface area contributed by atoms with Crippen LogP contribution in [-0.4, -0.2) is 43.1 Å². The van der Waals surface area contributed by atoms with E-state index in [4.69, 9.17) is 14.0 Å². The number of benzene rings is 1. The predicted octanol–water partition coefficient (Wildman–Crippen LogP) is 2.95. The largest absolute Gasteiger partial charge is 0.493 e. The van der Waals surface area contributed by atoms with Crippen LogP contribution in [-0.2, 0) is 19.3 Å². The Hall–Kier alpha value is -2.29. The molecule has 0 aliphatic rings. The minimum Gasteiger partial charge on any atom is -0.493 e. The van der Waals surface area contributed by atoms with Crippen molar-refractivity contribution in [1.82, 2.24) is 15.5 Å². The van der Waals surface area contributed by atoms with Crippen LogP contribution in [0.1, 0.15) is 24.2 Å². The Kier molecular flexibility index (Phi) is 6.84. The number of likely N-dealkylation sites (N-methyl/N-ethyl adjacent to an activating group) is 1.